The van der Waals surface area contributed by atoms with Crippen LogP contribution in [0.2, 0.25) is 10.0 Å². The zero-order valence-electron chi connectivity index (χ0n) is 12.9. The van der Waals surface area contributed by atoms with Crippen LogP contribution in [-0.4, -0.2) is 4.98 Å². The van der Waals surface area contributed by atoms with E-state index in [1.807, 2.05) is 42.5 Å². The first-order chi connectivity index (χ1) is 12.2. The lowest BCUT2D eigenvalue weighted by Gasteiger charge is -2.14. The Hall–Kier alpha value is -2.69. The third-order valence-electron chi connectivity index (χ3n) is 3.63. The van der Waals surface area contributed by atoms with Crippen molar-refractivity contribution in [3.8, 4) is 11.5 Å². The number of nitrogens with one attached hydrogen (secondary N) is 1. The Labute approximate surface area is 154 Å². The molecule has 4 rings (SSSR count). The Kier molecular flexibility index (Phi) is 4.22. The molecule has 3 aromatic carbocycles. The average Bonchev–Trinajstić information content (AvgIpc) is 3.06. The van der Waals surface area contributed by atoms with Gasteiger partial charge in [0.1, 0.15) is 11.3 Å². The van der Waals surface area contributed by atoms with E-state index >= 15 is 0 Å². The first-order valence-corrected chi connectivity index (χ1v) is 8.27. The molecule has 0 radical (unpaired) electrons. The number of nitrogens with zero attached hydrogens (tertiary/aromatic N) is 1. The molecule has 1 N–H and O–H groups in total. The maximum Gasteiger partial charge on any atom is 0.181 e. The van der Waals surface area contributed by atoms with Crippen molar-refractivity contribution in [2.45, 2.75) is 0 Å². The number of fused-ring (bicyclic) bond motifs is 1. The zero-order valence-corrected chi connectivity index (χ0v) is 14.4. The number of hydrogen-bond donors (Lipinski definition) is 1. The van der Waals surface area contributed by atoms with E-state index in [0.29, 0.717) is 38.3 Å². The molecule has 1 heterocycles. The molecule has 0 saturated carbocycles. The van der Waals surface area contributed by atoms with Gasteiger partial charge in [0.05, 0.1) is 21.4 Å². The highest BCUT2D eigenvalue weighted by molar-refractivity contribution is 6.33. The highest BCUT2D eigenvalue weighted by atomic mass is 35.5. The van der Waals surface area contributed by atoms with Crippen LogP contribution in [0.4, 0.5) is 11.4 Å². The van der Waals surface area contributed by atoms with E-state index in [9.17, 15) is 0 Å². The molecule has 0 fully saturated rings. The van der Waals surface area contributed by atoms with Crippen LogP contribution in [0.3, 0.4) is 0 Å². The van der Waals surface area contributed by atoms with Gasteiger partial charge in [-0.25, -0.2) is 4.98 Å². The average molecular weight is 371 g/mol. The summed E-state index contributed by atoms with van der Waals surface area (Å²) in [6.07, 6.45) is 1.39. The Morgan fingerprint density at radius 1 is 0.840 bits per heavy atom. The summed E-state index contributed by atoms with van der Waals surface area (Å²) in [6, 6.07) is 18.3. The first-order valence-electron chi connectivity index (χ1n) is 7.52. The molecule has 0 spiro atoms. The first kappa shape index (κ1) is 15.8. The highest BCUT2D eigenvalue weighted by Crippen LogP contribution is 2.38. The van der Waals surface area contributed by atoms with Crippen LogP contribution in [0.5, 0.6) is 11.5 Å². The number of anilines is 2. The minimum absolute atomic E-state index is 0.520. The molecule has 0 aliphatic rings. The SMILES string of the molecule is Clc1ccccc1Nc1cc2ocnc2cc1Oc1ccccc1Cl. The fraction of sp³-hybridized carbons (Fsp3) is 0. The second-order valence-electron chi connectivity index (χ2n) is 5.31. The monoisotopic (exact) mass is 370 g/mol. The van der Waals surface area contributed by atoms with E-state index in [2.05, 4.69) is 10.3 Å². The van der Waals surface area contributed by atoms with Gasteiger partial charge in [0.2, 0.25) is 0 Å². The molecular weight excluding hydrogens is 359 g/mol. The van der Waals surface area contributed by atoms with Gasteiger partial charge in [0.15, 0.2) is 17.7 Å². The maximum atomic E-state index is 6.25. The van der Waals surface area contributed by atoms with Crippen LogP contribution < -0.4 is 10.1 Å². The van der Waals surface area contributed by atoms with Gasteiger partial charge in [-0.1, -0.05) is 47.5 Å². The maximum absolute atomic E-state index is 6.25. The summed E-state index contributed by atoms with van der Waals surface area (Å²) in [5.41, 5.74) is 2.78. The van der Waals surface area contributed by atoms with Gasteiger partial charge in [0, 0.05) is 12.1 Å². The summed E-state index contributed by atoms with van der Waals surface area (Å²) in [4.78, 5) is 4.18. The van der Waals surface area contributed by atoms with Crippen LogP contribution in [0, 0.1) is 0 Å². The molecule has 0 unspecified atom stereocenters. The molecule has 4 aromatic rings. The molecule has 0 amide bonds. The van der Waals surface area contributed by atoms with Crippen LogP contribution in [0.1, 0.15) is 0 Å². The van der Waals surface area contributed by atoms with Crippen molar-refractivity contribution < 1.29 is 9.15 Å². The molecule has 6 heteroatoms. The van der Waals surface area contributed by atoms with Crippen LogP contribution in [-0.2, 0) is 0 Å². The van der Waals surface area contributed by atoms with Crippen LogP contribution in [0.25, 0.3) is 11.1 Å². The second-order valence-corrected chi connectivity index (χ2v) is 6.12. The largest absolute Gasteiger partial charge is 0.454 e. The van der Waals surface area contributed by atoms with Gasteiger partial charge in [-0.05, 0) is 24.3 Å². The Morgan fingerprint density at radius 3 is 2.40 bits per heavy atom. The number of rotatable bonds is 4. The van der Waals surface area contributed by atoms with Gasteiger partial charge in [0.25, 0.3) is 0 Å². The molecule has 4 nitrogen and oxygen atoms in total. The third-order valence-corrected chi connectivity index (χ3v) is 4.27. The molecule has 0 aliphatic carbocycles. The van der Waals surface area contributed by atoms with E-state index in [-0.39, 0.29) is 0 Å². The van der Waals surface area contributed by atoms with Gasteiger partial charge in [-0.3, -0.25) is 0 Å². The number of aromatic nitrogens is 1. The number of oxazole rings is 1. The molecule has 0 bridgehead atoms. The molecule has 0 aliphatic heterocycles. The molecule has 124 valence electrons. The minimum Gasteiger partial charge on any atom is -0.454 e. The predicted molar refractivity (Wildman–Crippen MR) is 100 cm³/mol. The fourth-order valence-electron chi connectivity index (χ4n) is 2.42. The number of halogens is 2. The number of para-hydroxylation sites is 2. The zero-order chi connectivity index (χ0) is 17.2. The Balaban J connectivity index is 1.78. The molecule has 1 aromatic heterocycles. The van der Waals surface area contributed by atoms with E-state index in [1.54, 1.807) is 18.2 Å². The van der Waals surface area contributed by atoms with Crippen molar-refractivity contribution in [3.05, 3.63) is 77.1 Å². The van der Waals surface area contributed by atoms with Gasteiger partial charge in [-0.15, -0.1) is 0 Å². The third kappa shape index (κ3) is 3.27. The van der Waals surface area contributed by atoms with Crippen LogP contribution >= 0.6 is 23.2 Å². The summed E-state index contributed by atoms with van der Waals surface area (Å²) >= 11 is 12.5. The molecular formula is C19H12Cl2N2O2. The quantitative estimate of drug-likeness (QED) is 0.435. The van der Waals surface area contributed by atoms with E-state index in [1.165, 1.54) is 6.39 Å². The smallest absolute Gasteiger partial charge is 0.181 e. The topological polar surface area (TPSA) is 47.3 Å². The van der Waals surface area contributed by atoms with E-state index < -0.39 is 0 Å². The molecule has 25 heavy (non-hydrogen) atoms. The summed E-state index contributed by atoms with van der Waals surface area (Å²) < 4.78 is 11.4. The van der Waals surface area contributed by atoms with Crippen molar-refractivity contribution >= 4 is 45.7 Å². The van der Waals surface area contributed by atoms with E-state index in [4.69, 9.17) is 32.4 Å². The standard InChI is InChI=1S/C19H12Cl2N2O2/c20-12-5-1-3-7-14(12)23-16-10-18-15(22-11-24-18)9-19(16)25-17-8-4-2-6-13(17)21/h1-11,23H. The lowest BCUT2D eigenvalue weighted by molar-refractivity contribution is 0.485. The normalized spacial score (nSPS) is 10.8. The van der Waals surface area contributed by atoms with Gasteiger partial charge in [-0.2, -0.15) is 0 Å². The Morgan fingerprint density at radius 2 is 1.60 bits per heavy atom. The number of hydrogen-bond acceptors (Lipinski definition) is 4. The molecule has 0 atom stereocenters. The second kappa shape index (κ2) is 6.67. The van der Waals surface area contributed by atoms with Crippen molar-refractivity contribution in [2.75, 3.05) is 5.32 Å². The number of benzene rings is 3. The summed E-state index contributed by atoms with van der Waals surface area (Å²) in [6.45, 7) is 0. The van der Waals surface area contributed by atoms with E-state index in [0.717, 1.165) is 5.69 Å². The summed E-state index contributed by atoms with van der Waals surface area (Å²) in [7, 11) is 0. The highest BCUT2D eigenvalue weighted by Gasteiger charge is 2.13. The predicted octanol–water partition coefficient (Wildman–Crippen LogP) is 6.67. The van der Waals surface area contributed by atoms with Gasteiger partial charge < -0.3 is 14.5 Å². The van der Waals surface area contributed by atoms with Crippen molar-refractivity contribution in [1.29, 1.82) is 0 Å². The van der Waals surface area contributed by atoms with Crippen molar-refractivity contribution in [3.63, 3.8) is 0 Å². The van der Waals surface area contributed by atoms with Crippen LogP contribution in [0.15, 0.2) is 71.5 Å². The molecule has 0 saturated heterocycles. The van der Waals surface area contributed by atoms with Crippen molar-refractivity contribution in [1.82, 2.24) is 4.98 Å². The summed E-state index contributed by atoms with van der Waals surface area (Å²) in [5, 5.41) is 4.40. The fourth-order valence-corrected chi connectivity index (χ4v) is 2.78. The Bertz CT molecular complexity index is 965. The summed E-state index contributed by atoms with van der Waals surface area (Å²) in [5.74, 6) is 1.11. The van der Waals surface area contributed by atoms with Gasteiger partial charge >= 0.3 is 0 Å². The lowest BCUT2D eigenvalue weighted by Crippen LogP contribution is -1.95. The lowest BCUT2D eigenvalue weighted by atomic mass is 10.2. The van der Waals surface area contributed by atoms with Crippen molar-refractivity contribution in [2.24, 2.45) is 0 Å². The minimum atomic E-state index is 0.520. The number of ether oxygens (including phenoxy) is 1.